The second-order valence-electron chi connectivity index (χ2n) is 2.99. The minimum Gasteiger partial charge on any atom is -0.374 e. The van der Waals surface area contributed by atoms with Gasteiger partial charge < -0.3 is 4.90 Å². The lowest BCUT2D eigenvalue weighted by atomic mass is 10.2. The highest BCUT2D eigenvalue weighted by Crippen LogP contribution is 2.48. The number of allylic oxidation sites excluding steroid dienone is 2. The number of likely N-dealkylation sites (N-methyl/N-ethyl adjacent to an activating group) is 1. The Balaban J connectivity index is 0.000000292. The molecular weight excluding hydrogens is 211 g/mol. The highest BCUT2D eigenvalue weighted by atomic mass is 32.3. The normalized spacial score (nSPS) is 17.0. The molecule has 14 heavy (non-hydrogen) atoms. The van der Waals surface area contributed by atoms with E-state index in [1.165, 1.54) is 5.57 Å². The standard InChI is InChI=1S/C8H13N.CH3F3S/c1-3-9-6-4-8(2)5-7-9;1-5(2,3)4/h4-6H,3,7H2,1-2H3;1H3. The van der Waals surface area contributed by atoms with E-state index in [0.717, 1.165) is 13.1 Å². The molecule has 0 radical (unpaired) electrons. The molecule has 0 bridgehead atoms. The fourth-order valence-corrected chi connectivity index (χ4v) is 0.848. The largest absolute Gasteiger partial charge is 0.374 e. The van der Waals surface area contributed by atoms with Crippen molar-refractivity contribution < 1.29 is 11.7 Å². The fourth-order valence-electron chi connectivity index (χ4n) is 0.848. The molecule has 1 aliphatic rings. The Labute approximate surface area is 85.5 Å². The van der Waals surface area contributed by atoms with Gasteiger partial charge in [-0.2, -0.15) is 0 Å². The van der Waals surface area contributed by atoms with Gasteiger partial charge in [-0.15, -0.1) is 11.7 Å². The number of halogens is 3. The molecule has 0 fully saturated rings. The summed E-state index contributed by atoms with van der Waals surface area (Å²) in [7, 11) is 0. The summed E-state index contributed by atoms with van der Waals surface area (Å²) in [5.41, 5.74) is 1.37. The number of hydrogen-bond donors (Lipinski definition) is 0. The number of hydrogen-bond acceptors (Lipinski definition) is 1. The highest BCUT2D eigenvalue weighted by Gasteiger charge is 2.07. The number of nitrogens with zero attached hydrogens (tertiary/aromatic N) is 1. The molecule has 1 heterocycles. The van der Waals surface area contributed by atoms with Crippen molar-refractivity contribution in [2.45, 2.75) is 13.8 Å². The fraction of sp³-hybridized carbons (Fsp3) is 0.556. The average molecular weight is 227 g/mol. The Hall–Kier alpha value is -0.580. The molecule has 0 amide bonds. The summed E-state index contributed by atoms with van der Waals surface area (Å²) in [5.74, 6) is 0. The van der Waals surface area contributed by atoms with E-state index in [2.05, 4.69) is 37.1 Å². The van der Waals surface area contributed by atoms with Crippen molar-refractivity contribution in [3.8, 4) is 0 Å². The van der Waals surface area contributed by atoms with E-state index >= 15 is 0 Å². The highest BCUT2D eigenvalue weighted by molar-refractivity contribution is 8.20. The van der Waals surface area contributed by atoms with Crippen molar-refractivity contribution in [3.63, 3.8) is 0 Å². The summed E-state index contributed by atoms with van der Waals surface area (Å²) < 4.78 is 31.3. The van der Waals surface area contributed by atoms with Crippen LogP contribution in [0.25, 0.3) is 0 Å². The molecule has 0 N–H and O–H groups in total. The minimum absolute atomic E-state index is 0.271. The van der Waals surface area contributed by atoms with Gasteiger partial charge in [0, 0.05) is 19.3 Å². The lowest BCUT2D eigenvalue weighted by Crippen LogP contribution is -2.18. The van der Waals surface area contributed by atoms with Crippen molar-refractivity contribution >= 4 is 11.2 Å². The molecule has 0 aromatic rings. The third-order valence-electron chi connectivity index (χ3n) is 1.60. The summed E-state index contributed by atoms with van der Waals surface area (Å²) in [6.45, 7) is 6.49. The van der Waals surface area contributed by atoms with Gasteiger partial charge in [-0.3, -0.25) is 0 Å². The minimum atomic E-state index is -4.67. The second kappa shape index (κ2) is 6.01. The van der Waals surface area contributed by atoms with Crippen LogP contribution in [0, 0.1) is 0 Å². The van der Waals surface area contributed by atoms with Crippen LogP contribution in [0.3, 0.4) is 0 Å². The van der Waals surface area contributed by atoms with Crippen molar-refractivity contribution in [3.05, 3.63) is 23.9 Å². The molecule has 0 unspecified atom stereocenters. The average Bonchev–Trinajstić information content (AvgIpc) is 2.03. The Morgan fingerprint density at radius 1 is 1.43 bits per heavy atom. The first-order valence-corrected chi connectivity index (χ1v) is 6.03. The van der Waals surface area contributed by atoms with Gasteiger partial charge in [0.05, 0.1) is 0 Å². The van der Waals surface area contributed by atoms with Gasteiger partial charge in [0.1, 0.15) is 0 Å². The molecule has 84 valence electrons. The summed E-state index contributed by atoms with van der Waals surface area (Å²) >= 11 is -4.67. The molecule has 1 nitrogen and oxygen atoms in total. The first kappa shape index (κ1) is 13.4. The molecule has 1 rings (SSSR count). The smallest absolute Gasteiger partial charge is 0.206 e. The van der Waals surface area contributed by atoms with E-state index in [9.17, 15) is 11.7 Å². The van der Waals surface area contributed by atoms with Crippen LogP contribution in [-0.4, -0.2) is 24.2 Å². The van der Waals surface area contributed by atoms with Gasteiger partial charge in [0.2, 0.25) is 11.2 Å². The first-order valence-electron chi connectivity index (χ1n) is 4.29. The van der Waals surface area contributed by atoms with Crippen molar-refractivity contribution in [1.29, 1.82) is 0 Å². The van der Waals surface area contributed by atoms with Crippen LogP contribution in [0.1, 0.15) is 13.8 Å². The monoisotopic (exact) mass is 227 g/mol. The molecule has 0 aromatic carbocycles. The van der Waals surface area contributed by atoms with Crippen LogP contribution in [0.15, 0.2) is 23.9 Å². The first-order chi connectivity index (χ1) is 6.33. The second-order valence-corrected chi connectivity index (χ2v) is 4.27. The summed E-state index contributed by atoms with van der Waals surface area (Å²) in [5, 5.41) is 0. The molecule has 0 saturated heterocycles. The third-order valence-corrected chi connectivity index (χ3v) is 1.60. The summed E-state index contributed by atoms with van der Waals surface area (Å²) in [4.78, 5) is 2.27. The lowest BCUT2D eigenvalue weighted by Gasteiger charge is -2.19. The van der Waals surface area contributed by atoms with E-state index in [-0.39, 0.29) is 6.26 Å². The molecule has 0 spiro atoms. The zero-order valence-corrected chi connectivity index (χ0v) is 9.45. The van der Waals surface area contributed by atoms with Crippen LogP contribution >= 0.6 is 11.2 Å². The van der Waals surface area contributed by atoms with Crippen LogP contribution in [0.5, 0.6) is 0 Å². The van der Waals surface area contributed by atoms with Crippen molar-refractivity contribution in [2.75, 3.05) is 19.3 Å². The van der Waals surface area contributed by atoms with Crippen LogP contribution in [0.4, 0.5) is 11.7 Å². The van der Waals surface area contributed by atoms with E-state index < -0.39 is 11.2 Å². The van der Waals surface area contributed by atoms with Gasteiger partial charge in [-0.05, 0) is 26.1 Å². The Bertz CT molecular complexity index is 215. The van der Waals surface area contributed by atoms with E-state index in [4.69, 9.17) is 0 Å². The van der Waals surface area contributed by atoms with Gasteiger partial charge >= 0.3 is 0 Å². The van der Waals surface area contributed by atoms with E-state index in [1.54, 1.807) is 0 Å². The predicted molar refractivity (Wildman–Crippen MR) is 57.0 cm³/mol. The maximum atomic E-state index is 10.4. The lowest BCUT2D eigenvalue weighted by molar-refractivity contribution is 0.434. The van der Waals surface area contributed by atoms with Crippen molar-refractivity contribution in [2.24, 2.45) is 0 Å². The van der Waals surface area contributed by atoms with E-state index in [1.807, 2.05) is 0 Å². The molecule has 0 aromatic heterocycles. The molecule has 1 aliphatic heterocycles. The Morgan fingerprint density at radius 2 is 1.93 bits per heavy atom. The van der Waals surface area contributed by atoms with Crippen molar-refractivity contribution in [1.82, 2.24) is 4.90 Å². The topological polar surface area (TPSA) is 3.24 Å². The molecule has 0 aliphatic carbocycles. The van der Waals surface area contributed by atoms with Crippen LogP contribution in [-0.2, 0) is 0 Å². The van der Waals surface area contributed by atoms with E-state index in [0.29, 0.717) is 0 Å². The molecule has 0 saturated carbocycles. The van der Waals surface area contributed by atoms with Gasteiger partial charge in [-0.25, -0.2) is 0 Å². The summed E-state index contributed by atoms with van der Waals surface area (Å²) in [6, 6.07) is 0. The zero-order valence-electron chi connectivity index (χ0n) is 8.64. The number of rotatable bonds is 1. The maximum absolute atomic E-state index is 10.4. The molecule has 5 heteroatoms. The Morgan fingerprint density at radius 3 is 2.21 bits per heavy atom. The van der Waals surface area contributed by atoms with Gasteiger partial charge in [0.15, 0.2) is 0 Å². The summed E-state index contributed by atoms with van der Waals surface area (Å²) in [6.07, 6.45) is 6.80. The molecule has 0 atom stereocenters. The van der Waals surface area contributed by atoms with Gasteiger partial charge in [0.25, 0.3) is 0 Å². The SMILES string of the molecule is CCN1C=CC(C)=CC1.CS(F)(F)F. The maximum Gasteiger partial charge on any atom is 0.206 e. The Kier molecular flexibility index (Phi) is 5.76. The van der Waals surface area contributed by atoms with Crippen LogP contribution < -0.4 is 0 Å². The zero-order chi connectivity index (χ0) is 11.2. The van der Waals surface area contributed by atoms with Gasteiger partial charge in [-0.1, -0.05) is 11.6 Å². The predicted octanol–water partition coefficient (Wildman–Crippen LogP) is 3.86. The van der Waals surface area contributed by atoms with Crippen LogP contribution in [0.2, 0.25) is 0 Å². The quantitative estimate of drug-likeness (QED) is 0.657. The molecular formula is C9H16F3NS. The third kappa shape index (κ3) is 9.51.